The Morgan fingerprint density at radius 2 is 0.795 bits per heavy atom. The van der Waals surface area contributed by atoms with Crippen LogP contribution in [0.1, 0.15) is 39.5 Å². The summed E-state index contributed by atoms with van der Waals surface area (Å²) in [5.41, 5.74) is 0. The van der Waals surface area contributed by atoms with Gasteiger partial charge in [-0.3, -0.25) is 4.79 Å². The maximum Gasteiger partial charge on any atom is 0.330 e. The molecule has 1 atom stereocenters. The van der Waals surface area contributed by atoms with Gasteiger partial charge in [0.15, 0.2) is 0 Å². The lowest BCUT2D eigenvalue weighted by molar-refractivity contribution is -0.150. The molecule has 0 saturated carbocycles. The fourth-order valence-electron chi connectivity index (χ4n) is 3.38. The van der Waals surface area contributed by atoms with Gasteiger partial charge in [0.25, 0.3) is 0 Å². The topological polar surface area (TPSA) is 136 Å². The van der Waals surface area contributed by atoms with Crippen LogP contribution in [-0.4, -0.2) is 144 Å². The molecule has 13 nitrogen and oxygen atoms in total. The van der Waals surface area contributed by atoms with E-state index in [1.807, 2.05) is 6.92 Å². The quantitative estimate of drug-likeness (QED) is 0.0566. The highest BCUT2D eigenvalue weighted by Crippen LogP contribution is 2.14. The van der Waals surface area contributed by atoms with Crippen molar-refractivity contribution in [2.24, 2.45) is 5.92 Å². The Bertz CT molecular complexity index is 636. The first-order valence-corrected chi connectivity index (χ1v) is 15.8. The third-order valence-corrected chi connectivity index (χ3v) is 5.82. The first kappa shape index (κ1) is 42.3. The molecule has 0 radical (unpaired) electrons. The molecule has 0 bridgehead atoms. The molecule has 0 fully saturated rings. The van der Waals surface area contributed by atoms with Gasteiger partial charge in [-0.15, -0.1) is 0 Å². The molecule has 260 valence electrons. The predicted octanol–water partition coefficient (Wildman–Crippen LogP) is 2.62. The Hall–Kier alpha value is -1.68. The van der Waals surface area contributed by atoms with Crippen molar-refractivity contribution in [2.75, 3.05) is 132 Å². The van der Waals surface area contributed by atoms with E-state index in [2.05, 4.69) is 13.5 Å². The Labute approximate surface area is 264 Å². The molecule has 0 aromatic carbocycles. The van der Waals surface area contributed by atoms with E-state index in [-0.39, 0.29) is 25.1 Å². The lowest BCUT2D eigenvalue weighted by Crippen LogP contribution is -2.20. The van der Waals surface area contributed by atoms with Crippen molar-refractivity contribution in [2.45, 2.75) is 39.5 Å². The number of carbonyl (C=O) groups is 2. The van der Waals surface area contributed by atoms with Gasteiger partial charge in [-0.2, -0.15) is 0 Å². The highest BCUT2D eigenvalue weighted by atomic mass is 16.6. The zero-order chi connectivity index (χ0) is 32.2. The number of unbranched alkanes of at least 4 members (excludes halogenated alkanes) is 1. The van der Waals surface area contributed by atoms with Gasteiger partial charge in [0, 0.05) is 6.08 Å². The highest BCUT2D eigenvalue weighted by molar-refractivity contribution is 5.81. The van der Waals surface area contributed by atoms with Crippen molar-refractivity contribution in [3.05, 3.63) is 12.7 Å². The molecule has 0 rings (SSSR count). The van der Waals surface area contributed by atoms with E-state index in [9.17, 15) is 9.59 Å². The zero-order valence-electron chi connectivity index (χ0n) is 27.1. The van der Waals surface area contributed by atoms with Crippen molar-refractivity contribution in [1.82, 2.24) is 0 Å². The van der Waals surface area contributed by atoms with Crippen LogP contribution in [0.2, 0.25) is 0 Å². The molecule has 0 aliphatic rings. The van der Waals surface area contributed by atoms with Crippen molar-refractivity contribution in [3.8, 4) is 0 Å². The molecule has 0 saturated heterocycles. The summed E-state index contributed by atoms with van der Waals surface area (Å²) < 4.78 is 58.8. The van der Waals surface area contributed by atoms with Gasteiger partial charge in [0.1, 0.15) is 13.2 Å². The minimum absolute atomic E-state index is 0.00646. The van der Waals surface area contributed by atoms with Gasteiger partial charge in [-0.1, -0.05) is 33.3 Å². The molecule has 0 aliphatic carbocycles. The van der Waals surface area contributed by atoms with Crippen LogP contribution in [0.15, 0.2) is 12.7 Å². The number of rotatable bonds is 36. The van der Waals surface area contributed by atoms with E-state index in [0.29, 0.717) is 119 Å². The van der Waals surface area contributed by atoms with Crippen LogP contribution < -0.4 is 0 Å². The summed E-state index contributed by atoms with van der Waals surface area (Å²) in [6.07, 6.45) is 4.93. The van der Waals surface area contributed by atoms with Gasteiger partial charge in [-0.05, 0) is 12.8 Å². The number of carbonyl (C=O) groups excluding carboxylic acids is 2. The van der Waals surface area contributed by atoms with Gasteiger partial charge in [0.2, 0.25) is 0 Å². The van der Waals surface area contributed by atoms with Crippen LogP contribution in [0.5, 0.6) is 0 Å². The van der Waals surface area contributed by atoms with Gasteiger partial charge in [0.05, 0.1) is 125 Å². The number of ether oxygens (including phenoxy) is 11. The smallest absolute Gasteiger partial charge is 0.330 e. The molecule has 44 heavy (non-hydrogen) atoms. The Kier molecular flexibility index (Phi) is 34.4. The van der Waals surface area contributed by atoms with Crippen LogP contribution in [0.4, 0.5) is 0 Å². The molecule has 0 heterocycles. The normalized spacial score (nSPS) is 11.9. The molecule has 0 spiro atoms. The first-order valence-electron chi connectivity index (χ1n) is 15.8. The monoisotopic (exact) mass is 638 g/mol. The average Bonchev–Trinajstić information content (AvgIpc) is 3.03. The summed E-state index contributed by atoms with van der Waals surface area (Å²) in [5.74, 6) is -0.591. The molecule has 13 heteroatoms. The molecule has 0 amide bonds. The van der Waals surface area contributed by atoms with Crippen molar-refractivity contribution in [3.63, 3.8) is 0 Å². The lowest BCUT2D eigenvalue weighted by atomic mass is 10.00. The van der Waals surface area contributed by atoms with Crippen LogP contribution in [-0.2, 0) is 61.7 Å². The van der Waals surface area contributed by atoms with E-state index >= 15 is 0 Å². The lowest BCUT2D eigenvalue weighted by Gasteiger charge is -2.13. The van der Waals surface area contributed by atoms with E-state index in [1.165, 1.54) is 0 Å². The van der Waals surface area contributed by atoms with Crippen LogP contribution >= 0.6 is 0 Å². The van der Waals surface area contributed by atoms with Crippen LogP contribution in [0.25, 0.3) is 0 Å². The average molecular weight is 639 g/mol. The Balaban J connectivity index is 3.16. The summed E-state index contributed by atoms with van der Waals surface area (Å²) >= 11 is 0. The van der Waals surface area contributed by atoms with Gasteiger partial charge < -0.3 is 52.1 Å². The Morgan fingerprint density at radius 3 is 1.07 bits per heavy atom. The molecular formula is C31H58O13. The summed E-state index contributed by atoms with van der Waals surface area (Å²) in [7, 11) is 0. The Morgan fingerprint density at radius 1 is 0.500 bits per heavy atom. The maximum absolute atomic E-state index is 12.0. The molecule has 0 aliphatic heterocycles. The standard InChI is InChI=1S/C31H58O13/c1-4-7-8-29(5-2)31(33)44-28-26-42-24-22-40-20-18-38-16-14-36-12-10-34-9-11-35-13-15-37-17-19-39-21-23-41-25-27-43-30(32)6-3/h6,29H,3-5,7-28H2,1-2H3. The minimum atomic E-state index is -0.461. The molecule has 0 N–H and O–H groups in total. The molecule has 0 aromatic rings. The SMILES string of the molecule is C=CC(=O)OCCOCCOCCOCCOCCOCCOCCOCCOCCOCCOC(=O)C(CC)CCCC. The fourth-order valence-corrected chi connectivity index (χ4v) is 3.38. The largest absolute Gasteiger partial charge is 0.463 e. The second kappa shape index (κ2) is 35.8. The van der Waals surface area contributed by atoms with Gasteiger partial charge in [-0.25, -0.2) is 4.79 Å². The minimum Gasteiger partial charge on any atom is -0.463 e. The van der Waals surface area contributed by atoms with E-state index in [4.69, 9.17) is 52.1 Å². The van der Waals surface area contributed by atoms with E-state index in [0.717, 1.165) is 31.8 Å². The zero-order valence-corrected chi connectivity index (χ0v) is 27.1. The highest BCUT2D eigenvalue weighted by Gasteiger charge is 2.16. The third kappa shape index (κ3) is 31.7. The summed E-state index contributed by atoms with van der Waals surface area (Å²) in [5, 5.41) is 0. The second-order valence-corrected chi connectivity index (χ2v) is 9.30. The van der Waals surface area contributed by atoms with Crippen LogP contribution in [0.3, 0.4) is 0 Å². The predicted molar refractivity (Wildman–Crippen MR) is 163 cm³/mol. The maximum atomic E-state index is 12.0. The molecule has 0 aromatic heterocycles. The number of esters is 2. The third-order valence-electron chi connectivity index (χ3n) is 5.82. The fraction of sp³-hybridized carbons (Fsp3) is 0.871. The van der Waals surface area contributed by atoms with E-state index < -0.39 is 5.97 Å². The second-order valence-electron chi connectivity index (χ2n) is 9.30. The van der Waals surface area contributed by atoms with Gasteiger partial charge >= 0.3 is 11.9 Å². The van der Waals surface area contributed by atoms with E-state index in [1.54, 1.807) is 0 Å². The summed E-state index contributed by atoms with van der Waals surface area (Å²) in [6.45, 7) is 16.1. The first-order chi connectivity index (χ1) is 21.7. The van der Waals surface area contributed by atoms with Crippen molar-refractivity contribution < 1.29 is 61.7 Å². The number of hydrogen-bond donors (Lipinski definition) is 0. The summed E-state index contributed by atoms with van der Waals surface area (Å²) in [6, 6.07) is 0. The van der Waals surface area contributed by atoms with Crippen molar-refractivity contribution >= 4 is 11.9 Å². The van der Waals surface area contributed by atoms with Crippen LogP contribution in [0, 0.1) is 5.92 Å². The molecule has 1 unspecified atom stereocenters. The molecular weight excluding hydrogens is 580 g/mol. The van der Waals surface area contributed by atoms with Crippen molar-refractivity contribution in [1.29, 1.82) is 0 Å². The number of hydrogen-bond acceptors (Lipinski definition) is 13. The summed E-state index contributed by atoms with van der Waals surface area (Å²) in [4.78, 5) is 22.8.